The summed E-state index contributed by atoms with van der Waals surface area (Å²) in [5, 5.41) is 3.96. The summed E-state index contributed by atoms with van der Waals surface area (Å²) in [4.78, 5) is 2.12. The Kier molecular flexibility index (Phi) is 3.40. The number of thiocarbonyl (C=S) groups is 1. The molecule has 80 valence electrons. The lowest BCUT2D eigenvalue weighted by molar-refractivity contribution is 0.278. The third kappa shape index (κ3) is 2.83. The van der Waals surface area contributed by atoms with Crippen LogP contribution in [-0.2, 0) is 0 Å². The van der Waals surface area contributed by atoms with Crippen LogP contribution in [0.5, 0.6) is 5.75 Å². The molecule has 3 nitrogen and oxygen atoms in total. The summed E-state index contributed by atoms with van der Waals surface area (Å²) in [5.74, 6) is 0.913. The Balaban J connectivity index is 1.73. The number of nitrogens with one attached hydrogen (secondary N) is 1. The van der Waals surface area contributed by atoms with Crippen LogP contribution in [0.3, 0.4) is 0 Å². The van der Waals surface area contributed by atoms with E-state index in [0.29, 0.717) is 6.61 Å². The number of ether oxygens (including phenoxy) is 1. The zero-order valence-electron chi connectivity index (χ0n) is 8.48. The molecule has 0 aromatic heterocycles. The summed E-state index contributed by atoms with van der Waals surface area (Å²) in [6.07, 6.45) is 0. The fourth-order valence-corrected chi connectivity index (χ4v) is 1.80. The van der Waals surface area contributed by atoms with Crippen LogP contribution in [0.4, 0.5) is 0 Å². The zero-order valence-corrected chi connectivity index (χ0v) is 9.30. The second-order valence-electron chi connectivity index (χ2n) is 3.38. The normalized spacial score (nSPS) is 15.2. The van der Waals surface area contributed by atoms with E-state index in [4.69, 9.17) is 17.0 Å². The van der Waals surface area contributed by atoms with Gasteiger partial charge in [0.1, 0.15) is 12.4 Å². The van der Waals surface area contributed by atoms with Crippen LogP contribution in [0, 0.1) is 0 Å². The lowest BCUT2D eigenvalue weighted by Crippen LogP contribution is -2.31. The highest BCUT2D eigenvalue weighted by Gasteiger charge is 2.14. The first-order chi connectivity index (χ1) is 7.36. The second-order valence-corrected chi connectivity index (χ2v) is 3.77. The Morgan fingerprint density at radius 2 is 2.13 bits per heavy atom. The molecule has 0 unspecified atom stereocenters. The van der Waals surface area contributed by atoms with E-state index in [9.17, 15) is 0 Å². The number of nitrogens with zero attached hydrogens (tertiary/aromatic N) is 1. The molecule has 2 rings (SSSR count). The van der Waals surface area contributed by atoms with E-state index in [1.807, 2.05) is 30.3 Å². The fourth-order valence-electron chi connectivity index (χ4n) is 1.51. The van der Waals surface area contributed by atoms with Crippen LogP contribution in [-0.4, -0.2) is 36.3 Å². The Hall–Kier alpha value is -1.29. The Bertz CT molecular complexity index is 329. The number of hydrogen-bond donors (Lipinski definition) is 1. The molecule has 15 heavy (non-hydrogen) atoms. The predicted molar refractivity (Wildman–Crippen MR) is 64.1 cm³/mol. The second kappa shape index (κ2) is 4.98. The number of para-hydroxylation sites is 1. The molecule has 1 fully saturated rings. The van der Waals surface area contributed by atoms with Crippen molar-refractivity contribution < 1.29 is 4.74 Å². The summed E-state index contributed by atoms with van der Waals surface area (Å²) in [5.41, 5.74) is 0. The summed E-state index contributed by atoms with van der Waals surface area (Å²) in [6, 6.07) is 9.84. The summed E-state index contributed by atoms with van der Waals surface area (Å²) >= 11 is 5.13. The number of hydrogen-bond acceptors (Lipinski definition) is 2. The van der Waals surface area contributed by atoms with Gasteiger partial charge in [0.05, 0.1) is 6.54 Å². The van der Waals surface area contributed by atoms with Crippen LogP contribution < -0.4 is 10.1 Å². The molecule has 0 atom stereocenters. The standard InChI is InChI=1S/C11H14N2OS/c15-11-12-6-7-13(11)8-9-14-10-4-2-1-3-5-10/h1-5H,6-9H2,(H,12,15). The van der Waals surface area contributed by atoms with Crippen molar-refractivity contribution in [3.8, 4) is 5.75 Å². The molecular weight excluding hydrogens is 208 g/mol. The first kappa shape index (κ1) is 10.2. The van der Waals surface area contributed by atoms with Gasteiger partial charge in [-0.25, -0.2) is 0 Å². The quantitative estimate of drug-likeness (QED) is 0.775. The highest BCUT2D eigenvalue weighted by molar-refractivity contribution is 7.80. The SMILES string of the molecule is S=C1NCCN1CCOc1ccccc1. The van der Waals surface area contributed by atoms with Crippen molar-refractivity contribution in [2.45, 2.75) is 0 Å². The maximum absolute atomic E-state index is 5.59. The average molecular weight is 222 g/mol. The maximum atomic E-state index is 5.59. The minimum atomic E-state index is 0.672. The Morgan fingerprint density at radius 1 is 1.33 bits per heavy atom. The van der Waals surface area contributed by atoms with Crippen LogP contribution >= 0.6 is 12.2 Å². The Morgan fingerprint density at radius 3 is 2.80 bits per heavy atom. The van der Waals surface area contributed by atoms with Crippen molar-refractivity contribution in [1.82, 2.24) is 10.2 Å². The average Bonchev–Trinajstić information content (AvgIpc) is 2.66. The van der Waals surface area contributed by atoms with Crippen molar-refractivity contribution in [3.05, 3.63) is 30.3 Å². The highest BCUT2D eigenvalue weighted by atomic mass is 32.1. The number of benzene rings is 1. The molecule has 1 aromatic carbocycles. The maximum Gasteiger partial charge on any atom is 0.169 e. The van der Waals surface area contributed by atoms with Gasteiger partial charge in [-0.1, -0.05) is 18.2 Å². The lowest BCUT2D eigenvalue weighted by atomic mass is 10.3. The van der Waals surface area contributed by atoms with Gasteiger partial charge in [-0.3, -0.25) is 0 Å². The molecule has 1 heterocycles. The lowest BCUT2D eigenvalue weighted by Gasteiger charge is -2.16. The largest absolute Gasteiger partial charge is 0.492 e. The molecular formula is C11H14N2OS. The topological polar surface area (TPSA) is 24.5 Å². The van der Waals surface area contributed by atoms with E-state index in [1.165, 1.54) is 0 Å². The molecule has 4 heteroatoms. The van der Waals surface area contributed by atoms with Gasteiger partial charge in [0.2, 0.25) is 0 Å². The van der Waals surface area contributed by atoms with Gasteiger partial charge in [0.15, 0.2) is 5.11 Å². The van der Waals surface area contributed by atoms with E-state index >= 15 is 0 Å². The molecule has 1 aliphatic rings. The van der Waals surface area contributed by atoms with Gasteiger partial charge in [0.25, 0.3) is 0 Å². The first-order valence-electron chi connectivity index (χ1n) is 5.07. The molecule has 1 N–H and O–H groups in total. The molecule has 1 aliphatic heterocycles. The molecule has 1 saturated heterocycles. The summed E-state index contributed by atoms with van der Waals surface area (Å²) in [7, 11) is 0. The van der Waals surface area contributed by atoms with E-state index in [1.54, 1.807) is 0 Å². The van der Waals surface area contributed by atoms with E-state index in [-0.39, 0.29) is 0 Å². The minimum absolute atomic E-state index is 0.672. The van der Waals surface area contributed by atoms with E-state index < -0.39 is 0 Å². The first-order valence-corrected chi connectivity index (χ1v) is 5.48. The molecule has 1 aromatic rings. The molecule has 0 spiro atoms. The fraction of sp³-hybridized carbons (Fsp3) is 0.364. The highest BCUT2D eigenvalue weighted by Crippen LogP contribution is 2.08. The van der Waals surface area contributed by atoms with Crippen molar-refractivity contribution in [1.29, 1.82) is 0 Å². The molecule has 0 saturated carbocycles. The van der Waals surface area contributed by atoms with E-state index in [0.717, 1.165) is 30.5 Å². The molecule has 0 radical (unpaired) electrons. The van der Waals surface area contributed by atoms with Crippen LogP contribution in [0.1, 0.15) is 0 Å². The van der Waals surface area contributed by atoms with Crippen LogP contribution in [0.25, 0.3) is 0 Å². The molecule has 0 amide bonds. The third-order valence-corrected chi connectivity index (χ3v) is 2.72. The van der Waals surface area contributed by atoms with Gasteiger partial charge >= 0.3 is 0 Å². The van der Waals surface area contributed by atoms with Gasteiger partial charge in [-0.15, -0.1) is 0 Å². The van der Waals surface area contributed by atoms with Crippen molar-refractivity contribution >= 4 is 17.3 Å². The summed E-state index contributed by atoms with van der Waals surface area (Å²) in [6.45, 7) is 3.45. The Labute approximate surface area is 95.0 Å². The summed E-state index contributed by atoms with van der Waals surface area (Å²) < 4.78 is 5.59. The smallest absolute Gasteiger partial charge is 0.169 e. The van der Waals surface area contributed by atoms with Crippen molar-refractivity contribution in [2.75, 3.05) is 26.2 Å². The van der Waals surface area contributed by atoms with Gasteiger partial charge in [-0.2, -0.15) is 0 Å². The minimum Gasteiger partial charge on any atom is -0.492 e. The number of rotatable bonds is 4. The van der Waals surface area contributed by atoms with Gasteiger partial charge in [0, 0.05) is 13.1 Å². The van der Waals surface area contributed by atoms with Gasteiger partial charge < -0.3 is 15.0 Å². The van der Waals surface area contributed by atoms with Gasteiger partial charge in [-0.05, 0) is 24.4 Å². The zero-order chi connectivity index (χ0) is 10.5. The van der Waals surface area contributed by atoms with Crippen molar-refractivity contribution in [2.24, 2.45) is 0 Å². The van der Waals surface area contributed by atoms with Crippen LogP contribution in [0.15, 0.2) is 30.3 Å². The third-order valence-electron chi connectivity index (χ3n) is 2.32. The van der Waals surface area contributed by atoms with E-state index in [2.05, 4.69) is 10.2 Å². The predicted octanol–water partition coefficient (Wildman–Crippen LogP) is 1.26. The van der Waals surface area contributed by atoms with Crippen LogP contribution in [0.2, 0.25) is 0 Å². The van der Waals surface area contributed by atoms with Crippen molar-refractivity contribution in [3.63, 3.8) is 0 Å². The molecule has 0 aliphatic carbocycles. The molecule has 0 bridgehead atoms. The monoisotopic (exact) mass is 222 g/mol.